The standard InChI is InChI=1S/C15H16BrFN2O2/c1-8-13(20)18-15(2,9-6-7-9)14(21)19(8)12-10(16)4-3-5-11(12)17/h3-5,8-9H,6-7H2,1-2H3,(H,18,20). The zero-order valence-electron chi connectivity index (χ0n) is 11.8. The number of nitrogens with one attached hydrogen (secondary N) is 1. The van der Waals surface area contributed by atoms with Gasteiger partial charge in [0.2, 0.25) is 5.91 Å². The molecule has 1 aromatic rings. The summed E-state index contributed by atoms with van der Waals surface area (Å²) in [6.07, 6.45) is 1.81. The molecule has 4 nitrogen and oxygen atoms in total. The first-order chi connectivity index (χ1) is 9.86. The molecule has 2 amide bonds. The number of amides is 2. The van der Waals surface area contributed by atoms with Gasteiger partial charge in [-0.3, -0.25) is 14.5 Å². The number of hydrogen-bond donors (Lipinski definition) is 1. The molecule has 1 aliphatic heterocycles. The normalized spacial score (nSPS) is 29.5. The molecule has 21 heavy (non-hydrogen) atoms. The lowest BCUT2D eigenvalue weighted by Gasteiger charge is -2.43. The second-order valence-corrected chi connectivity index (χ2v) is 6.74. The molecule has 1 aliphatic carbocycles. The SMILES string of the molecule is CC1C(=O)NC(C)(C2CC2)C(=O)N1c1c(F)cccc1Br. The number of anilines is 1. The van der Waals surface area contributed by atoms with Crippen LogP contribution in [0.1, 0.15) is 26.7 Å². The number of piperazine rings is 1. The number of carbonyl (C=O) groups excluding carboxylic acids is 2. The average molecular weight is 355 g/mol. The Bertz CT molecular complexity index is 612. The summed E-state index contributed by atoms with van der Waals surface area (Å²) in [5.41, 5.74) is -0.803. The fourth-order valence-electron chi connectivity index (χ4n) is 2.91. The molecule has 0 aromatic heterocycles. The number of halogens is 2. The van der Waals surface area contributed by atoms with Gasteiger partial charge in [-0.15, -0.1) is 0 Å². The molecule has 6 heteroatoms. The molecule has 3 rings (SSSR count). The highest BCUT2D eigenvalue weighted by Gasteiger charge is 2.55. The molecule has 1 aromatic carbocycles. The first-order valence-electron chi connectivity index (χ1n) is 6.96. The van der Waals surface area contributed by atoms with Crippen LogP contribution in [0.2, 0.25) is 0 Å². The Morgan fingerprint density at radius 2 is 2.05 bits per heavy atom. The number of benzene rings is 1. The molecule has 2 aliphatic rings. The van der Waals surface area contributed by atoms with Gasteiger partial charge >= 0.3 is 0 Å². The van der Waals surface area contributed by atoms with E-state index >= 15 is 0 Å². The highest BCUT2D eigenvalue weighted by Crippen LogP contribution is 2.44. The number of hydrogen-bond acceptors (Lipinski definition) is 2. The summed E-state index contributed by atoms with van der Waals surface area (Å²) in [5.74, 6) is -0.881. The van der Waals surface area contributed by atoms with Crippen LogP contribution in [0.25, 0.3) is 0 Å². The van der Waals surface area contributed by atoms with Gasteiger partial charge in [-0.25, -0.2) is 4.39 Å². The van der Waals surface area contributed by atoms with Crippen molar-refractivity contribution in [2.24, 2.45) is 5.92 Å². The second kappa shape index (κ2) is 4.80. The van der Waals surface area contributed by atoms with E-state index in [-0.39, 0.29) is 23.4 Å². The molecule has 112 valence electrons. The van der Waals surface area contributed by atoms with E-state index in [9.17, 15) is 14.0 Å². The third-order valence-electron chi connectivity index (χ3n) is 4.38. The molecule has 1 saturated heterocycles. The van der Waals surface area contributed by atoms with Crippen molar-refractivity contribution in [3.63, 3.8) is 0 Å². The number of para-hydroxylation sites is 1. The van der Waals surface area contributed by atoms with Gasteiger partial charge < -0.3 is 5.32 Å². The number of rotatable bonds is 2. The van der Waals surface area contributed by atoms with Crippen molar-refractivity contribution in [2.45, 2.75) is 38.3 Å². The Hall–Kier alpha value is -1.43. The Morgan fingerprint density at radius 3 is 2.62 bits per heavy atom. The first kappa shape index (κ1) is 14.5. The maximum absolute atomic E-state index is 14.2. The van der Waals surface area contributed by atoms with Gasteiger partial charge in [-0.2, -0.15) is 0 Å². The second-order valence-electron chi connectivity index (χ2n) is 5.89. The highest BCUT2D eigenvalue weighted by molar-refractivity contribution is 9.10. The monoisotopic (exact) mass is 354 g/mol. The van der Waals surface area contributed by atoms with Crippen molar-refractivity contribution in [2.75, 3.05) is 4.90 Å². The minimum Gasteiger partial charge on any atom is -0.340 e. The maximum Gasteiger partial charge on any atom is 0.253 e. The van der Waals surface area contributed by atoms with Crippen molar-refractivity contribution >= 4 is 33.4 Å². The third-order valence-corrected chi connectivity index (χ3v) is 5.02. The predicted molar refractivity (Wildman–Crippen MR) is 80.3 cm³/mol. The molecule has 0 spiro atoms. The van der Waals surface area contributed by atoms with Gasteiger partial charge in [0, 0.05) is 4.47 Å². The van der Waals surface area contributed by atoms with Crippen molar-refractivity contribution < 1.29 is 14.0 Å². The van der Waals surface area contributed by atoms with Gasteiger partial charge in [0.05, 0.1) is 5.69 Å². The summed E-state index contributed by atoms with van der Waals surface area (Å²) in [7, 11) is 0. The van der Waals surface area contributed by atoms with Crippen molar-refractivity contribution in [1.29, 1.82) is 0 Å². The Labute approximate surface area is 130 Å². The van der Waals surface area contributed by atoms with Crippen LogP contribution in [0, 0.1) is 11.7 Å². The molecule has 2 fully saturated rings. The summed E-state index contributed by atoms with van der Waals surface area (Å²) >= 11 is 3.28. The molecule has 2 atom stereocenters. The van der Waals surface area contributed by atoms with Crippen LogP contribution in [0.5, 0.6) is 0 Å². The van der Waals surface area contributed by atoms with Gasteiger partial charge in [-0.1, -0.05) is 6.07 Å². The van der Waals surface area contributed by atoms with Gasteiger partial charge in [0.25, 0.3) is 5.91 Å². The van der Waals surface area contributed by atoms with Crippen molar-refractivity contribution in [3.05, 3.63) is 28.5 Å². The van der Waals surface area contributed by atoms with Crippen LogP contribution in [0.4, 0.5) is 10.1 Å². The maximum atomic E-state index is 14.2. The minimum absolute atomic E-state index is 0.134. The summed E-state index contributed by atoms with van der Waals surface area (Å²) in [6.45, 7) is 3.34. The fourth-order valence-corrected chi connectivity index (χ4v) is 3.44. The summed E-state index contributed by atoms with van der Waals surface area (Å²) in [5, 5.41) is 2.82. The van der Waals surface area contributed by atoms with E-state index in [2.05, 4.69) is 21.2 Å². The molecule has 0 radical (unpaired) electrons. The molecule has 1 heterocycles. The van der Waals surface area contributed by atoms with E-state index in [1.165, 1.54) is 11.0 Å². The van der Waals surface area contributed by atoms with Gasteiger partial charge in [-0.05, 0) is 60.7 Å². The quantitative estimate of drug-likeness (QED) is 0.887. The topological polar surface area (TPSA) is 49.4 Å². The molecular formula is C15H16BrFN2O2. The van der Waals surface area contributed by atoms with Crippen molar-refractivity contribution in [1.82, 2.24) is 5.32 Å². The Morgan fingerprint density at radius 1 is 1.38 bits per heavy atom. The number of nitrogens with zero attached hydrogens (tertiary/aromatic N) is 1. The first-order valence-corrected chi connectivity index (χ1v) is 7.75. The lowest BCUT2D eigenvalue weighted by Crippen LogP contribution is -2.70. The van der Waals surface area contributed by atoms with Crippen LogP contribution in [0.3, 0.4) is 0 Å². The molecule has 2 unspecified atom stereocenters. The lowest BCUT2D eigenvalue weighted by molar-refractivity contribution is -0.138. The summed E-state index contributed by atoms with van der Waals surface area (Å²) in [4.78, 5) is 26.5. The van der Waals surface area contributed by atoms with Crippen LogP contribution >= 0.6 is 15.9 Å². The Kier molecular flexibility index (Phi) is 3.31. The highest BCUT2D eigenvalue weighted by atomic mass is 79.9. The molecule has 0 bridgehead atoms. The smallest absolute Gasteiger partial charge is 0.253 e. The van der Waals surface area contributed by atoms with E-state index in [0.29, 0.717) is 4.47 Å². The van der Waals surface area contributed by atoms with E-state index < -0.39 is 17.4 Å². The van der Waals surface area contributed by atoms with Crippen LogP contribution in [-0.4, -0.2) is 23.4 Å². The predicted octanol–water partition coefficient (Wildman–Crippen LogP) is 2.61. The van der Waals surface area contributed by atoms with E-state index in [1.54, 1.807) is 26.0 Å². The zero-order valence-corrected chi connectivity index (χ0v) is 13.4. The van der Waals surface area contributed by atoms with Crippen LogP contribution in [-0.2, 0) is 9.59 Å². The third kappa shape index (κ3) is 2.16. The molecule has 1 N–H and O–H groups in total. The van der Waals surface area contributed by atoms with Gasteiger partial charge in [0.15, 0.2) is 0 Å². The molecule has 1 saturated carbocycles. The fraction of sp³-hybridized carbons (Fsp3) is 0.467. The molecular weight excluding hydrogens is 339 g/mol. The number of carbonyl (C=O) groups is 2. The van der Waals surface area contributed by atoms with E-state index in [4.69, 9.17) is 0 Å². The summed E-state index contributed by atoms with van der Waals surface area (Å²) in [6, 6.07) is 3.78. The summed E-state index contributed by atoms with van der Waals surface area (Å²) < 4.78 is 14.7. The largest absolute Gasteiger partial charge is 0.340 e. The van der Waals surface area contributed by atoms with E-state index in [0.717, 1.165) is 12.8 Å². The van der Waals surface area contributed by atoms with Crippen molar-refractivity contribution in [3.8, 4) is 0 Å². The van der Waals surface area contributed by atoms with Gasteiger partial charge in [0.1, 0.15) is 17.4 Å². The zero-order chi connectivity index (χ0) is 15.4. The lowest BCUT2D eigenvalue weighted by atomic mass is 9.89. The van der Waals surface area contributed by atoms with Crippen LogP contribution in [0.15, 0.2) is 22.7 Å². The van der Waals surface area contributed by atoms with E-state index in [1.807, 2.05) is 0 Å². The minimum atomic E-state index is -0.939. The van der Waals surface area contributed by atoms with Crippen LogP contribution < -0.4 is 10.2 Å². The Balaban J connectivity index is 2.10. The average Bonchev–Trinajstić information content (AvgIpc) is 3.24.